The van der Waals surface area contributed by atoms with Gasteiger partial charge in [0.1, 0.15) is 11.0 Å². The van der Waals surface area contributed by atoms with Crippen LogP contribution in [0.25, 0.3) is 0 Å². The molecule has 2 rings (SSSR count). The zero-order valence-electron chi connectivity index (χ0n) is 10.6. The summed E-state index contributed by atoms with van der Waals surface area (Å²) in [4.78, 5) is 3.88. The fourth-order valence-corrected chi connectivity index (χ4v) is 2.72. The molecule has 106 valence electrons. The molecule has 0 spiro atoms. The van der Waals surface area contributed by atoms with E-state index in [4.69, 9.17) is 11.6 Å². The van der Waals surface area contributed by atoms with Crippen molar-refractivity contribution in [3.63, 3.8) is 0 Å². The number of pyridine rings is 1. The maximum Gasteiger partial charge on any atom is 0.416 e. The normalized spacial score (nSPS) is 23.6. The van der Waals surface area contributed by atoms with Crippen LogP contribution in [0, 0.1) is 11.8 Å². The van der Waals surface area contributed by atoms with Crippen molar-refractivity contribution in [3.8, 4) is 0 Å². The molecule has 19 heavy (non-hydrogen) atoms. The summed E-state index contributed by atoms with van der Waals surface area (Å²) >= 11 is 5.62. The lowest BCUT2D eigenvalue weighted by Gasteiger charge is -2.13. The Bertz CT molecular complexity index is 448. The first-order valence-electron chi connectivity index (χ1n) is 6.33. The van der Waals surface area contributed by atoms with E-state index >= 15 is 0 Å². The Morgan fingerprint density at radius 2 is 2.11 bits per heavy atom. The van der Waals surface area contributed by atoms with Crippen molar-refractivity contribution >= 4 is 17.4 Å². The Morgan fingerprint density at radius 1 is 1.37 bits per heavy atom. The molecule has 0 aromatic carbocycles. The molecule has 0 amide bonds. The molecule has 1 aliphatic carbocycles. The van der Waals surface area contributed by atoms with Gasteiger partial charge >= 0.3 is 6.18 Å². The zero-order chi connectivity index (χ0) is 14.0. The summed E-state index contributed by atoms with van der Waals surface area (Å²) in [6.45, 7) is 2.84. The maximum atomic E-state index is 12.6. The van der Waals surface area contributed by atoms with Crippen LogP contribution in [-0.4, -0.2) is 11.5 Å². The number of nitrogens with zero attached hydrogens (tertiary/aromatic N) is 1. The molecule has 0 aliphatic heterocycles. The minimum atomic E-state index is -4.40. The highest BCUT2D eigenvalue weighted by atomic mass is 35.5. The second-order valence-electron chi connectivity index (χ2n) is 5.23. The lowest BCUT2D eigenvalue weighted by molar-refractivity contribution is -0.137. The van der Waals surface area contributed by atoms with E-state index in [9.17, 15) is 13.2 Å². The van der Waals surface area contributed by atoms with Gasteiger partial charge in [-0.25, -0.2) is 4.98 Å². The molecule has 2 atom stereocenters. The molecule has 2 unspecified atom stereocenters. The van der Waals surface area contributed by atoms with E-state index in [0.717, 1.165) is 25.0 Å². The van der Waals surface area contributed by atoms with Crippen molar-refractivity contribution in [2.45, 2.75) is 32.4 Å². The Labute approximate surface area is 115 Å². The summed E-state index contributed by atoms with van der Waals surface area (Å²) < 4.78 is 37.9. The summed E-state index contributed by atoms with van der Waals surface area (Å²) in [5, 5.41) is 2.82. The number of halogens is 4. The topological polar surface area (TPSA) is 24.9 Å². The number of alkyl halides is 3. The third-order valence-electron chi connectivity index (χ3n) is 3.50. The fraction of sp³-hybridized carbons (Fsp3) is 0.615. The van der Waals surface area contributed by atoms with Gasteiger partial charge in [-0.3, -0.25) is 0 Å². The van der Waals surface area contributed by atoms with Crippen LogP contribution < -0.4 is 5.32 Å². The number of rotatable bonds is 3. The molecule has 0 saturated heterocycles. The quantitative estimate of drug-likeness (QED) is 0.824. The molecule has 1 aliphatic rings. The lowest BCUT2D eigenvalue weighted by atomic mass is 10.1. The molecule has 1 N–H and O–H groups in total. The summed E-state index contributed by atoms with van der Waals surface area (Å²) in [5.74, 6) is 1.40. The van der Waals surface area contributed by atoms with Crippen LogP contribution in [-0.2, 0) is 6.18 Å². The number of hydrogen-bond acceptors (Lipinski definition) is 2. The average Bonchev–Trinajstić information content (AvgIpc) is 2.71. The third kappa shape index (κ3) is 4.00. The molecule has 6 heteroatoms. The fourth-order valence-electron chi connectivity index (χ4n) is 2.51. The van der Waals surface area contributed by atoms with Gasteiger partial charge in [0.15, 0.2) is 0 Å². The molecular formula is C13H16ClF3N2. The lowest BCUT2D eigenvalue weighted by Crippen LogP contribution is -2.14. The Balaban J connectivity index is 2.02. The first-order chi connectivity index (χ1) is 8.84. The van der Waals surface area contributed by atoms with E-state index in [-0.39, 0.29) is 11.0 Å². The average molecular weight is 293 g/mol. The Hall–Kier alpha value is -0.970. The van der Waals surface area contributed by atoms with E-state index in [1.807, 2.05) is 0 Å². The first-order valence-corrected chi connectivity index (χ1v) is 6.71. The second-order valence-corrected chi connectivity index (χ2v) is 5.61. The van der Waals surface area contributed by atoms with Gasteiger partial charge in [0.2, 0.25) is 0 Å². The highest BCUT2D eigenvalue weighted by molar-refractivity contribution is 6.29. The van der Waals surface area contributed by atoms with Gasteiger partial charge in [-0.15, -0.1) is 0 Å². The highest BCUT2D eigenvalue weighted by Crippen LogP contribution is 2.33. The number of hydrogen-bond donors (Lipinski definition) is 1. The molecule has 1 saturated carbocycles. The van der Waals surface area contributed by atoms with Gasteiger partial charge in [-0.2, -0.15) is 13.2 Å². The smallest absolute Gasteiger partial charge is 0.370 e. The summed E-state index contributed by atoms with van der Waals surface area (Å²) in [6, 6.07) is 1.84. The SMILES string of the molecule is CC1CCC(CNc2cc(C(F)(F)F)cc(Cl)n2)C1. The van der Waals surface area contributed by atoms with Crippen LogP contribution >= 0.6 is 11.6 Å². The van der Waals surface area contributed by atoms with Gasteiger partial charge < -0.3 is 5.32 Å². The standard InChI is InChI=1S/C13H16ClF3N2/c1-8-2-3-9(4-8)7-18-12-6-10(13(15,16)17)5-11(14)19-12/h5-6,8-9H,2-4,7H2,1H3,(H,18,19). The van der Waals surface area contributed by atoms with E-state index < -0.39 is 11.7 Å². The molecule has 0 bridgehead atoms. The number of nitrogens with one attached hydrogen (secondary N) is 1. The zero-order valence-corrected chi connectivity index (χ0v) is 11.4. The minimum absolute atomic E-state index is 0.142. The summed E-state index contributed by atoms with van der Waals surface area (Å²) in [6.07, 6.45) is -0.992. The van der Waals surface area contributed by atoms with Crippen LogP contribution in [0.2, 0.25) is 5.15 Å². The van der Waals surface area contributed by atoms with Crippen molar-refractivity contribution in [3.05, 3.63) is 22.8 Å². The monoisotopic (exact) mass is 292 g/mol. The van der Waals surface area contributed by atoms with E-state index in [0.29, 0.717) is 18.4 Å². The van der Waals surface area contributed by atoms with Crippen molar-refractivity contribution in [1.29, 1.82) is 0 Å². The first kappa shape index (κ1) is 14.4. The van der Waals surface area contributed by atoms with Crippen LogP contribution in [0.3, 0.4) is 0 Å². The largest absolute Gasteiger partial charge is 0.416 e. The number of aromatic nitrogens is 1. The molecule has 2 nitrogen and oxygen atoms in total. The van der Waals surface area contributed by atoms with Gasteiger partial charge in [0, 0.05) is 6.54 Å². The Kier molecular flexibility index (Phi) is 4.23. The molecule has 1 heterocycles. The molecule has 1 aromatic heterocycles. The maximum absolute atomic E-state index is 12.6. The third-order valence-corrected chi connectivity index (χ3v) is 3.69. The van der Waals surface area contributed by atoms with Crippen molar-refractivity contribution in [1.82, 2.24) is 4.98 Å². The van der Waals surface area contributed by atoms with E-state index in [1.54, 1.807) is 0 Å². The summed E-state index contributed by atoms with van der Waals surface area (Å²) in [5.41, 5.74) is -0.769. The van der Waals surface area contributed by atoms with Gasteiger partial charge in [-0.1, -0.05) is 24.9 Å². The minimum Gasteiger partial charge on any atom is -0.370 e. The van der Waals surface area contributed by atoms with E-state index in [2.05, 4.69) is 17.2 Å². The molecule has 1 fully saturated rings. The van der Waals surface area contributed by atoms with Crippen LogP contribution in [0.4, 0.5) is 19.0 Å². The Morgan fingerprint density at radius 3 is 2.68 bits per heavy atom. The molecule has 0 radical (unpaired) electrons. The number of anilines is 1. The van der Waals surface area contributed by atoms with Crippen LogP contribution in [0.1, 0.15) is 31.7 Å². The van der Waals surface area contributed by atoms with E-state index in [1.165, 1.54) is 6.42 Å². The summed E-state index contributed by atoms with van der Waals surface area (Å²) in [7, 11) is 0. The second kappa shape index (κ2) is 5.57. The highest BCUT2D eigenvalue weighted by Gasteiger charge is 2.31. The van der Waals surface area contributed by atoms with Crippen LogP contribution in [0.5, 0.6) is 0 Å². The van der Waals surface area contributed by atoms with Gasteiger partial charge in [0.25, 0.3) is 0 Å². The van der Waals surface area contributed by atoms with Crippen molar-refractivity contribution in [2.75, 3.05) is 11.9 Å². The van der Waals surface area contributed by atoms with Crippen LogP contribution in [0.15, 0.2) is 12.1 Å². The molecule has 1 aromatic rings. The van der Waals surface area contributed by atoms with Gasteiger partial charge in [0.05, 0.1) is 5.56 Å². The van der Waals surface area contributed by atoms with Gasteiger partial charge in [-0.05, 0) is 36.8 Å². The van der Waals surface area contributed by atoms with Crippen molar-refractivity contribution in [2.24, 2.45) is 11.8 Å². The van der Waals surface area contributed by atoms with Crippen molar-refractivity contribution < 1.29 is 13.2 Å². The predicted molar refractivity (Wildman–Crippen MR) is 69.2 cm³/mol. The molecular weight excluding hydrogens is 277 g/mol. The predicted octanol–water partition coefficient (Wildman–Crippen LogP) is 4.60.